The van der Waals surface area contributed by atoms with Gasteiger partial charge in [0.15, 0.2) is 0 Å². The Kier molecular flexibility index (Phi) is 8.28. The zero-order chi connectivity index (χ0) is 25.5. The van der Waals surface area contributed by atoms with E-state index in [1.54, 1.807) is 16.7 Å². The molecule has 1 aliphatic heterocycles. The Morgan fingerprint density at radius 3 is 2.50 bits per heavy atom. The first-order valence-electron chi connectivity index (χ1n) is 12.0. The molecule has 4 N–H and O–H groups in total. The van der Waals surface area contributed by atoms with E-state index in [1.807, 2.05) is 79.7 Å². The van der Waals surface area contributed by atoms with E-state index < -0.39 is 12.1 Å². The minimum Gasteiger partial charge on any atom is -0.352 e. The van der Waals surface area contributed by atoms with Crippen LogP contribution in [0.25, 0.3) is 11.1 Å². The molecule has 0 spiro atoms. The van der Waals surface area contributed by atoms with Crippen LogP contribution in [-0.2, 0) is 22.7 Å². The molecule has 1 heterocycles. The zero-order valence-corrected chi connectivity index (χ0v) is 21.0. The lowest BCUT2D eigenvalue weighted by atomic mass is 9.98. The van der Waals surface area contributed by atoms with Crippen molar-refractivity contribution in [2.75, 3.05) is 10.7 Å². The molecule has 8 heteroatoms. The number of nitrogens with zero attached hydrogens (tertiary/aromatic N) is 1. The molecule has 1 aliphatic rings. The lowest BCUT2D eigenvalue weighted by Crippen LogP contribution is -2.49. The largest absolute Gasteiger partial charge is 0.352 e. The van der Waals surface area contributed by atoms with Crippen LogP contribution in [0, 0.1) is 0 Å². The highest BCUT2D eigenvalue weighted by Gasteiger charge is 2.31. The Morgan fingerprint density at radius 1 is 1.03 bits per heavy atom. The van der Waals surface area contributed by atoms with Crippen LogP contribution in [-0.4, -0.2) is 29.6 Å². The number of thioether (sulfide) groups is 1. The van der Waals surface area contributed by atoms with E-state index >= 15 is 0 Å². The van der Waals surface area contributed by atoms with Crippen molar-refractivity contribution in [1.82, 2.24) is 10.6 Å². The lowest BCUT2D eigenvalue weighted by molar-refractivity contribution is -0.127. The van der Waals surface area contributed by atoms with Gasteiger partial charge in [0.1, 0.15) is 6.04 Å². The van der Waals surface area contributed by atoms with Crippen molar-refractivity contribution in [3.8, 4) is 11.1 Å². The maximum absolute atomic E-state index is 13.6. The average Bonchev–Trinajstić information content (AvgIpc) is 3.01. The number of rotatable bonds is 8. The van der Waals surface area contributed by atoms with E-state index in [0.717, 1.165) is 39.3 Å². The number of urea groups is 1. The van der Waals surface area contributed by atoms with Gasteiger partial charge in [0.05, 0.1) is 12.2 Å². The molecule has 3 aromatic rings. The number of hydrogen-bond acceptors (Lipinski definition) is 4. The van der Waals surface area contributed by atoms with Gasteiger partial charge in [0.2, 0.25) is 5.91 Å². The van der Waals surface area contributed by atoms with Crippen molar-refractivity contribution < 1.29 is 14.4 Å². The number of fused-ring (bicyclic) bond motifs is 1. The Hall–Kier alpha value is -3.78. The van der Waals surface area contributed by atoms with Gasteiger partial charge in [-0.3, -0.25) is 9.59 Å². The molecule has 4 amide bonds. The summed E-state index contributed by atoms with van der Waals surface area (Å²) >= 11 is 1.59. The van der Waals surface area contributed by atoms with Gasteiger partial charge in [-0.25, -0.2) is 4.79 Å². The lowest BCUT2D eigenvalue weighted by Gasteiger charge is -2.26. The third-order valence-corrected chi connectivity index (χ3v) is 7.17. The molecule has 0 aromatic heterocycles. The Bertz CT molecular complexity index is 1250. The maximum atomic E-state index is 13.6. The number of benzene rings is 3. The summed E-state index contributed by atoms with van der Waals surface area (Å²) in [6.45, 7) is 2.68. The molecule has 36 heavy (non-hydrogen) atoms. The predicted molar refractivity (Wildman–Crippen MR) is 143 cm³/mol. The van der Waals surface area contributed by atoms with E-state index in [-0.39, 0.29) is 11.8 Å². The van der Waals surface area contributed by atoms with Crippen LogP contribution in [0.15, 0.2) is 77.7 Å². The maximum Gasteiger partial charge on any atom is 0.312 e. The summed E-state index contributed by atoms with van der Waals surface area (Å²) < 4.78 is 0. The molecule has 1 atom stereocenters. The molecule has 0 saturated heterocycles. The normalized spacial score (nSPS) is 15.1. The highest BCUT2D eigenvalue weighted by molar-refractivity contribution is 7.99. The van der Waals surface area contributed by atoms with Crippen molar-refractivity contribution in [3.05, 3.63) is 83.9 Å². The van der Waals surface area contributed by atoms with Gasteiger partial charge in [0, 0.05) is 23.6 Å². The van der Waals surface area contributed by atoms with E-state index in [9.17, 15) is 14.4 Å². The minimum atomic E-state index is -0.578. The second-order valence-electron chi connectivity index (χ2n) is 8.65. The second kappa shape index (κ2) is 11.8. The molecule has 0 fully saturated rings. The number of nitrogens with two attached hydrogens (primary N) is 1. The highest BCUT2D eigenvalue weighted by atomic mass is 32.2. The van der Waals surface area contributed by atoms with Gasteiger partial charge in [-0.2, -0.15) is 0 Å². The van der Waals surface area contributed by atoms with Gasteiger partial charge in [-0.1, -0.05) is 67.6 Å². The number of hydrogen-bond donors (Lipinski definition) is 3. The van der Waals surface area contributed by atoms with Crippen LogP contribution in [0.4, 0.5) is 10.5 Å². The van der Waals surface area contributed by atoms with Gasteiger partial charge in [-0.05, 0) is 40.8 Å². The van der Waals surface area contributed by atoms with E-state index in [2.05, 4.69) is 10.6 Å². The van der Waals surface area contributed by atoms with Gasteiger partial charge < -0.3 is 21.3 Å². The molecule has 0 radical (unpaired) electrons. The Labute approximate surface area is 215 Å². The zero-order valence-electron chi connectivity index (χ0n) is 20.2. The molecule has 0 saturated carbocycles. The van der Waals surface area contributed by atoms with Crippen LogP contribution in [0.1, 0.15) is 30.9 Å². The summed E-state index contributed by atoms with van der Waals surface area (Å²) in [4.78, 5) is 39.8. The van der Waals surface area contributed by atoms with E-state index in [4.69, 9.17) is 5.73 Å². The quantitative estimate of drug-likeness (QED) is 0.423. The molecule has 0 aliphatic carbocycles. The molecular formula is C28H30N4O3S. The summed E-state index contributed by atoms with van der Waals surface area (Å²) in [7, 11) is 0. The molecule has 3 aromatic carbocycles. The van der Waals surface area contributed by atoms with Crippen molar-refractivity contribution in [3.63, 3.8) is 0 Å². The fraction of sp³-hybridized carbons (Fsp3) is 0.250. The first-order chi connectivity index (χ1) is 17.5. The van der Waals surface area contributed by atoms with Crippen molar-refractivity contribution in [2.45, 2.75) is 43.8 Å². The molecule has 7 nitrogen and oxygen atoms in total. The summed E-state index contributed by atoms with van der Waals surface area (Å²) in [5.41, 5.74) is 10.0. The summed E-state index contributed by atoms with van der Waals surface area (Å²) in [5.74, 6) is 0.289. The van der Waals surface area contributed by atoms with Crippen LogP contribution in [0.5, 0.6) is 0 Å². The van der Waals surface area contributed by atoms with E-state index in [0.29, 0.717) is 25.3 Å². The average molecular weight is 503 g/mol. The fourth-order valence-electron chi connectivity index (χ4n) is 4.22. The summed E-state index contributed by atoms with van der Waals surface area (Å²) in [6, 6.07) is 22.6. The monoisotopic (exact) mass is 502 g/mol. The third-order valence-electron chi connectivity index (χ3n) is 6.01. The van der Waals surface area contributed by atoms with Crippen LogP contribution >= 0.6 is 11.8 Å². The number of para-hydroxylation sites is 1. The van der Waals surface area contributed by atoms with Crippen molar-refractivity contribution in [2.24, 2.45) is 5.73 Å². The molecular weight excluding hydrogens is 472 g/mol. The standard InChI is InChI=1S/C28H30N4O3S/c1-2-7-26(33)31-23-18-36-25-11-6-5-10-24(25)32(27(23)34)17-19-12-14-20(15-13-19)22-9-4-3-8-21(22)16-30-28(29)35/h3-6,8-15,23H,2,7,16-18H2,1H3,(H,31,33)(H3,29,30,35)/t23-/m1/s1. The predicted octanol–water partition coefficient (Wildman–Crippen LogP) is 4.45. The van der Waals surface area contributed by atoms with E-state index in [1.165, 1.54) is 0 Å². The Morgan fingerprint density at radius 2 is 1.75 bits per heavy atom. The third kappa shape index (κ3) is 6.07. The SMILES string of the molecule is CCCC(=O)N[C@@H]1CSc2ccccc2N(Cc2ccc(-c3ccccc3CNC(N)=O)cc2)C1=O. The molecule has 186 valence electrons. The van der Waals surface area contributed by atoms with Gasteiger partial charge in [-0.15, -0.1) is 11.8 Å². The number of primary amides is 1. The van der Waals surface area contributed by atoms with Gasteiger partial charge >= 0.3 is 6.03 Å². The molecule has 0 unspecified atom stereocenters. The van der Waals surface area contributed by atoms with Crippen molar-refractivity contribution in [1.29, 1.82) is 0 Å². The van der Waals surface area contributed by atoms with Crippen LogP contribution in [0.2, 0.25) is 0 Å². The smallest absolute Gasteiger partial charge is 0.312 e. The Balaban J connectivity index is 1.57. The number of amides is 4. The fourth-order valence-corrected chi connectivity index (χ4v) is 5.30. The number of carbonyl (C=O) groups is 3. The first kappa shape index (κ1) is 25.3. The second-order valence-corrected chi connectivity index (χ2v) is 9.71. The van der Waals surface area contributed by atoms with Crippen LogP contribution < -0.4 is 21.3 Å². The van der Waals surface area contributed by atoms with Gasteiger partial charge in [0.25, 0.3) is 5.91 Å². The summed E-state index contributed by atoms with van der Waals surface area (Å²) in [6.07, 6.45) is 1.14. The highest BCUT2D eigenvalue weighted by Crippen LogP contribution is 2.35. The molecule has 0 bridgehead atoms. The first-order valence-corrected chi connectivity index (χ1v) is 13.0. The van der Waals surface area contributed by atoms with Crippen molar-refractivity contribution >= 4 is 35.3 Å². The number of nitrogens with one attached hydrogen (secondary N) is 2. The number of anilines is 1. The number of carbonyl (C=O) groups excluding carboxylic acids is 3. The minimum absolute atomic E-state index is 0.101. The summed E-state index contributed by atoms with van der Waals surface area (Å²) in [5, 5.41) is 5.57. The van der Waals surface area contributed by atoms with Crippen LogP contribution in [0.3, 0.4) is 0 Å². The molecule has 4 rings (SSSR count). The topological polar surface area (TPSA) is 105 Å².